The largest absolute Gasteiger partial charge is 0.376 e. The summed E-state index contributed by atoms with van der Waals surface area (Å²) < 4.78 is 6.30. The molecule has 1 aromatic rings. The van der Waals surface area contributed by atoms with Gasteiger partial charge in [0.1, 0.15) is 0 Å². The SMILES string of the molecule is c1ccc(C2CCCC2)c(CCOC2CN3CCC2CC3)c1. The molecule has 1 saturated carbocycles. The van der Waals surface area contributed by atoms with Gasteiger partial charge in [-0.3, -0.25) is 0 Å². The lowest BCUT2D eigenvalue weighted by atomic mass is 9.86. The molecule has 0 aromatic heterocycles. The Morgan fingerprint density at radius 2 is 1.77 bits per heavy atom. The van der Waals surface area contributed by atoms with E-state index in [1.165, 1.54) is 63.7 Å². The molecule has 1 unspecified atom stereocenters. The van der Waals surface area contributed by atoms with Crippen molar-refractivity contribution in [1.29, 1.82) is 0 Å². The third kappa shape index (κ3) is 3.09. The maximum Gasteiger partial charge on any atom is 0.0731 e. The summed E-state index contributed by atoms with van der Waals surface area (Å²) in [5.74, 6) is 1.64. The average Bonchev–Trinajstić information content (AvgIpc) is 3.11. The lowest BCUT2D eigenvalue weighted by molar-refractivity contribution is -0.0684. The Bertz CT molecular complexity index is 486. The molecule has 1 aliphatic carbocycles. The molecule has 4 fully saturated rings. The number of nitrogens with zero attached hydrogens (tertiary/aromatic N) is 1. The Kier molecular flexibility index (Phi) is 4.49. The predicted octanol–water partition coefficient (Wildman–Crippen LogP) is 4.00. The lowest BCUT2D eigenvalue weighted by Gasteiger charge is -2.44. The monoisotopic (exact) mass is 299 g/mol. The number of piperidine rings is 3. The minimum atomic E-state index is 0.501. The molecule has 120 valence electrons. The van der Waals surface area contributed by atoms with Crippen molar-refractivity contribution in [3.05, 3.63) is 35.4 Å². The fourth-order valence-electron chi connectivity index (χ4n) is 4.82. The van der Waals surface area contributed by atoms with E-state index in [2.05, 4.69) is 29.2 Å². The molecule has 2 bridgehead atoms. The maximum atomic E-state index is 6.30. The third-order valence-electron chi connectivity index (χ3n) is 6.15. The molecule has 0 amide bonds. The lowest BCUT2D eigenvalue weighted by Crippen LogP contribution is -2.51. The van der Waals surface area contributed by atoms with E-state index in [0.29, 0.717) is 6.10 Å². The summed E-state index contributed by atoms with van der Waals surface area (Å²) in [5.41, 5.74) is 3.15. The van der Waals surface area contributed by atoms with Crippen molar-refractivity contribution in [3.63, 3.8) is 0 Å². The van der Waals surface area contributed by atoms with E-state index in [-0.39, 0.29) is 0 Å². The third-order valence-corrected chi connectivity index (χ3v) is 6.15. The minimum absolute atomic E-state index is 0.501. The summed E-state index contributed by atoms with van der Waals surface area (Å²) in [5, 5.41) is 0. The highest BCUT2D eigenvalue weighted by atomic mass is 16.5. The second-order valence-corrected chi connectivity index (χ2v) is 7.48. The topological polar surface area (TPSA) is 12.5 Å². The maximum absolute atomic E-state index is 6.30. The van der Waals surface area contributed by atoms with Gasteiger partial charge in [0.05, 0.1) is 12.7 Å². The standard InChI is InChI=1S/C20H29NO/c1-2-6-16(5-1)19-8-4-3-7-17(19)11-14-22-20-15-21-12-9-18(20)10-13-21/h3-4,7-8,16,18,20H,1-2,5-6,9-15H2. The Hall–Kier alpha value is -0.860. The van der Waals surface area contributed by atoms with E-state index in [9.17, 15) is 0 Å². The molecule has 1 aromatic carbocycles. The highest BCUT2D eigenvalue weighted by molar-refractivity contribution is 5.31. The van der Waals surface area contributed by atoms with Crippen LogP contribution in [-0.2, 0) is 11.2 Å². The van der Waals surface area contributed by atoms with E-state index in [1.54, 1.807) is 5.56 Å². The first-order valence-electron chi connectivity index (χ1n) is 9.32. The second-order valence-electron chi connectivity index (χ2n) is 7.48. The second kappa shape index (κ2) is 6.72. The van der Waals surface area contributed by atoms with Crippen LogP contribution in [-0.4, -0.2) is 37.2 Å². The Balaban J connectivity index is 1.34. The molecular weight excluding hydrogens is 270 g/mol. The quantitative estimate of drug-likeness (QED) is 0.815. The van der Waals surface area contributed by atoms with Crippen LogP contribution in [0.2, 0.25) is 0 Å². The molecule has 0 radical (unpaired) electrons. The summed E-state index contributed by atoms with van der Waals surface area (Å²) >= 11 is 0. The minimum Gasteiger partial charge on any atom is -0.376 e. The van der Waals surface area contributed by atoms with Gasteiger partial charge in [-0.2, -0.15) is 0 Å². The number of fused-ring (bicyclic) bond motifs is 3. The molecule has 1 atom stereocenters. The molecule has 3 aliphatic heterocycles. The molecule has 5 rings (SSSR count). The van der Waals surface area contributed by atoms with E-state index >= 15 is 0 Å². The first-order chi connectivity index (χ1) is 10.9. The van der Waals surface area contributed by atoms with Gasteiger partial charge in [-0.05, 0) is 68.2 Å². The van der Waals surface area contributed by atoms with Crippen LogP contribution in [0.4, 0.5) is 0 Å². The number of hydrogen-bond acceptors (Lipinski definition) is 2. The Labute approximate surface area is 134 Å². The van der Waals surface area contributed by atoms with Crippen LogP contribution >= 0.6 is 0 Å². The van der Waals surface area contributed by atoms with Crippen molar-refractivity contribution in [2.24, 2.45) is 5.92 Å². The summed E-state index contributed by atoms with van der Waals surface area (Å²) in [6, 6.07) is 9.10. The van der Waals surface area contributed by atoms with Crippen molar-refractivity contribution in [2.75, 3.05) is 26.2 Å². The zero-order valence-corrected chi connectivity index (χ0v) is 13.7. The van der Waals surface area contributed by atoms with E-state index < -0.39 is 0 Å². The van der Waals surface area contributed by atoms with E-state index in [1.807, 2.05) is 0 Å². The summed E-state index contributed by atoms with van der Waals surface area (Å²) in [7, 11) is 0. The van der Waals surface area contributed by atoms with Gasteiger partial charge in [0, 0.05) is 6.54 Å². The van der Waals surface area contributed by atoms with Crippen LogP contribution in [0.3, 0.4) is 0 Å². The normalized spacial score (nSPS) is 31.7. The molecule has 22 heavy (non-hydrogen) atoms. The van der Waals surface area contributed by atoms with Gasteiger partial charge in [0.25, 0.3) is 0 Å². The van der Waals surface area contributed by atoms with Gasteiger partial charge < -0.3 is 9.64 Å². The van der Waals surface area contributed by atoms with Gasteiger partial charge in [0.15, 0.2) is 0 Å². The van der Waals surface area contributed by atoms with Crippen molar-refractivity contribution < 1.29 is 4.74 Å². The van der Waals surface area contributed by atoms with Gasteiger partial charge in [-0.25, -0.2) is 0 Å². The Morgan fingerprint density at radius 3 is 2.50 bits per heavy atom. The van der Waals surface area contributed by atoms with Crippen LogP contribution in [0, 0.1) is 5.92 Å². The molecule has 3 saturated heterocycles. The highest BCUT2D eigenvalue weighted by Crippen LogP contribution is 2.36. The van der Waals surface area contributed by atoms with E-state index in [0.717, 1.165) is 24.9 Å². The van der Waals surface area contributed by atoms with Gasteiger partial charge in [0.2, 0.25) is 0 Å². The zero-order chi connectivity index (χ0) is 14.8. The fraction of sp³-hybridized carbons (Fsp3) is 0.700. The van der Waals surface area contributed by atoms with Crippen molar-refractivity contribution in [1.82, 2.24) is 4.90 Å². The molecule has 3 heterocycles. The molecule has 0 spiro atoms. The smallest absolute Gasteiger partial charge is 0.0731 e. The van der Waals surface area contributed by atoms with Crippen molar-refractivity contribution in [2.45, 2.75) is 57.0 Å². The first kappa shape index (κ1) is 14.7. The van der Waals surface area contributed by atoms with E-state index in [4.69, 9.17) is 4.74 Å². The predicted molar refractivity (Wildman–Crippen MR) is 90.3 cm³/mol. The summed E-state index contributed by atoms with van der Waals surface area (Å²) in [6.45, 7) is 4.68. The zero-order valence-electron chi connectivity index (χ0n) is 13.7. The molecule has 4 aliphatic rings. The first-order valence-corrected chi connectivity index (χ1v) is 9.32. The number of benzene rings is 1. The van der Waals surface area contributed by atoms with Gasteiger partial charge in [-0.15, -0.1) is 0 Å². The van der Waals surface area contributed by atoms with Crippen molar-refractivity contribution >= 4 is 0 Å². The number of hydrogen-bond donors (Lipinski definition) is 0. The van der Waals surface area contributed by atoms with Crippen molar-refractivity contribution in [3.8, 4) is 0 Å². The highest BCUT2D eigenvalue weighted by Gasteiger charge is 2.34. The number of rotatable bonds is 5. The van der Waals surface area contributed by atoms with Crippen LogP contribution < -0.4 is 0 Å². The van der Waals surface area contributed by atoms with Crippen LogP contribution in [0.25, 0.3) is 0 Å². The Morgan fingerprint density at radius 1 is 1.00 bits per heavy atom. The van der Waals surface area contributed by atoms with Crippen LogP contribution in [0.5, 0.6) is 0 Å². The molecule has 2 heteroatoms. The van der Waals surface area contributed by atoms with Gasteiger partial charge in [-0.1, -0.05) is 37.1 Å². The van der Waals surface area contributed by atoms with Crippen LogP contribution in [0.1, 0.15) is 55.6 Å². The summed E-state index contributed by atoms with van der Waals surface area (Å²) in [4.78, 5) is 2.58. The van der Waals surface area contributed by atoms with Crippen LogP contribution in [0.15, 0.2) is 24.3 Å². The molecular formula is C20H29NO. The summed E-state index contributed by atoms with van der Waals surface area (Å²) in [6.07, 6.45) is 9.89. The molecule has 0 N–H and O–H groups in total. The number of ether oxygens (including phenoxy) is 1. The average molecular weight is 299 g/mol. The van der Waals surface area contributed by atoms with Gasteiger partial charge >= 0.3 is 0 Å². The fourth-order valence-corrected chi connectivity index (χ4v) is 4.82. The molecule has 2 nitrogen and oxygen atoms in total.